The highest BCUT2D eigenvalue weighted by Crippen LogP contribution is 2.39. The number of fused-ring (bicyclic) bond motifs is 3. The summed E-state index contributed by atoms with van der Waals surface area (Å²) in [7, 11) is 0. The van der Waals surface area contributed by atoms with Crippen molar-refractivity contribution in [2.45, 2.75) is 37.6 Å². The second-order valence-corrected chi connectivity index (χ2v) is 8.09. The van der Waals surface area contributed by atoms with E-state index in [1.54, 1.807) is 11.8 Å². The van der Waals surface area contributed by atoms with Crippen molar-refractivity contribution >= 4 is 39.1 Å². The van der Waals surface area contributed by atoms with Crippen LogP contribution in [-0.4, -0.2) is 21.5 Å². The summed E-state index contributed by atoms with van der Waals surface area (Å²) in [6.45, 7) is 1.93. The number of thiophene rings is 1. The van der Waals surface area contributed by atoms with Gasteiger partial charge in [0, 0.05) is 15.8 Å². The van der Waals surface area contributed by atoms with Gasteiger partial charge in [-0.25, -0.2) is 9.97 Å². The molecule has 0 N–H and O–H groups in total. The molecule has 2 aromatic heterocycles. The van der Waals surface area contributed by atoms with E-state index in [1.165, 1.54) is 28.7 Å². The summed E-state index contributed by atoms with van der Waals surface area (Å²) in [5.74, 6) is 1.35. The van der Waals surface area contributed by atoms with Crippen LogP contribution in [0.25, 0.3) is 10.2 Å². The van der Waals surface area contributed by atoms with E-state index >= 15 is 0 Å². The lowest BCUT2D eigenvalue weighted by Gasteiger charge is -2.11. The second-order valence-electron chi connectivity index (χ2n) is 6.04. The molecule has 0 atom stereocenters. The summed E-state index contributed by atoms with van der Waals surface area (Å²) in [5.41, 5.74) is 2.19. The van der Waals surface area contributed by atoms with Gasteiger partial charge in [-0.1, -0.05) is 42.1 Å². The Hall–Kier alpha value is -1.72. The van der Waals surface area contributed by atoms with Gasteiger partial charge in [0.2, 0.25) is 0 Å². The predicted molar refractivity (Wildman–Crippen MR) is 100 cm³/mol. The molecule has 122 valence electrons. The SMILES string of the molecule is Cc1nc(SCC(=O)c2ccccc2)c2c3c(sc2n1)CCCC3. The number of hydrogen-bond acceptors (Lipinski definition) is 5. The first-order valence-corrected chi connectivity index (χ1v) is 10.0. The van der Waals surface area contributed by atoms with Crippen molar-refractivity contribution in [3.05, 3.63) is 52.2 Å². The molecule has 0 saturated carbocycles. The minimum absolute atomic E-state index is 0.147. The first kappa shape index (κ1) is 15.8. The van der Waals surface area contributed by atoms with Crippen LogP contribution in [0.2, 0.25) is 0 Å². The van der Waals surface area contributed by atoms with Gasteiger partial charge < -0.3 is 0 Å². The van der Waals surface area contributed by atoms with E-state index in [2.05, 4.69) is 9.97 Å². The van der Waals surface area contributed by atoms with Crippen molar-refractivity contribution in [1.82, 2.24) is 9.97 Å². The molecular formula is C19H18N2OS2. The van der Waals surface area contributed by atoms with E-state index in [4.69, 9.17) is 0 Å². The maximum absolute atomic E-state index is 12.4. The molecule has 4 rings (SSSR count). The maximum atomic E-state index is 12.4. The number of carbonyl (C=O) groups excluding carboxylic acids is 1. The van der Waals surface area contributed by atoms with Crippen molar-refractivity contribution < 1.29 is 4.79 Å². The molecule has 1 aromatic carbocycles. The Morgan fingerprint density at radius 2 is 1.96 bits per heavy atom. The van der Waals surface area contributed by atoms with Gasteiger partial charge in [-0.2, -0.15) is 0 Å². The molecule has 1 aliphatic carbocycles. The predicted octanol–water partition coefficient (Wildman–Crippen LogP) is 4.85. The molecule has 0 fully saturated rings. The van der Waals surface area contributed by atoms with Crippen molar-refractivity contribution in [2.75, 3.05) is 5.75 Å². The second kappa shape index (κ2) is 6.65. The fourth-order valence-electron chi connectivity index (χ4n) is 3.17. The summed E-state index contributed by atoms with van der Waals surface area (Å²) < 4.78 is 0. The molecule has 24 heavy (non-hydrogen) atoms. The number of Topliss-reactive ketones (excluding diaryl/α,β-unsaturated/α-hetero) is 1. The highest BCUT2D eigenvalue weighted by atomic mass is 32.2. The molecule has 5 heteroatoms. The Balaban J connectivity index is 1.66. The van der Waals surface area contributed by atoms with Gasteiger partial charge in [-0.3, -0.25) is 4.79 Å². The first-order valence-electron chi connectivity index (χ1n) is 8.22. The van der Waals surface area contributed by atoms with E-state index in [0.29, 0.717) is 5.75 Å². The molecule has 3 aromatic rings. The Bertz CT molecular complexity index is 903. The van der Waals surface area contributed by atoms with Gasteiger partial charge in [-0.15, -0.1) is 11.3 Å². The average molecular weight is 355 g/mol. The van der Waals surface area contributed by atoms with Crippen LogP contribution in [0.15, 0.2) is 35.4 Å². The summed E-state index contributed by atoms with van der Waals surface area (Å²) in [6, 6.07) is 9.48. The molecule has 0 radical (unpaired) electrons. The summed E-state index contributed by atoms with van der Waals surface area (Å²) in [5, 5.41) is 2.17. The van der Waals surface area contributed by atoms with Gasteiger partial charge >= 0.3 is 0 Å². The summed E-state index contributed by atoms with van der Waals surface area (Å²) in [4.78, 5) is 24.2. The molecule has 0 spiro atoms. The van der Waals surface area contributed by atoms with Crippen molar-refractivity contribution in [1.29, 1.82) is 0 Å². The standard InChI is InChI=1S/C19H18N2OS2/c1-12-20-18(23-11-15(22)13-7-3-2-4-8-13)17-14-9-5-6-10-16(14)24-19(17)21-12/h2-4,7-8H,5-6,9-11H2,1H3. The molecule has 0 bridgehead atoms. The van der Waals surface area contributed by atoms with Crippen LogP contribution < -0.4 is 0 Å². The fraction of sp³-hybridized carbons (Fsp3) is 0.316. The molecule has 0 unspecified atom stereocenters. The van der Waals surface area contributed by atoms with E-state index in [-0.39, 0.29) is 5.78 Å². The van der Waals surface area contributed by atoms with E-state index in [0.717, 1.165) is 34.1 Å². The third-order valence-electron chi connectivity index (χ3n) is 4.33. The normalized spacial score (nSPS) is 13.9. The Morgan fingerprint density at radius 3 is 2.79 bits per heavy atom. The molecular weight excluding hydrogens is 336 g/mol. The number of rotatable bonds is 4. The van der Waals surface area contributed by atoms with E-state index < -0.39 is 0 Å². The van der Waals surface area contributed by atoms with Crippen molar-refractivity contribution in [3.8, 4) is 0 Å². The number of thioether (sulfide) groups is 1. The van der Waals surface area contributed by atoms with Crippen molar-refractivity contribution in [3.63, 3.8) is 0 Å². The van der Waals surface area contributed by atoms with Gasteiger partial charge in [0.1, 0.15) is 15.7 Å². The van der Waals surface area contributed by atoms with Crippen LogP contribution >= 0.6 is 23.1 Å². The Labute approximate surface area is 149 Å². The van der Waals surface area contributed by atoms with Crippen LogP contribution in [0.3, 0.4) is 0 Å². The van der Waals surface area contributed by atoms with Gasteiger partial charge in [-0.05, 0) is 38.2 Å². The van der Waals surface area contributed by atoms with Crippen LogP contribution in [0, 0.1) is 6.92 Å². The zero-order valence-corrected chi connectivity index (χ0v) is 15.2. The minimum Gasteiger partial charge on any atom is -0.293 e. The third kappa shape index (κ3) is 2.98. The zero-order valence-electron chi connectivity index (χ0n) is 13.5. The number of benzene rings is 1. The highest BCUT2D eigenvalue weighted by molar-refractivity contribution is 8.00. The molecule has 3 nitrogen and oxygen atoms in total. The monoisotopic (exact) mass is 354 g/mol. The smallest absolute Gasteiger partial charge is 0.173 e. The molecule has 0 aliphatic heterocycles. The number of nitrogens with zero attached hydrogens (tertiary/aromatic N) is 2. The van der Waals surface area contributed by atoms with Crippen LogP contribution in [0.5, 0.6) is 0 Å². The largest absolute Gasteiger partial charge is 0.293 e. The van der Waals surface area contributed by atoms with Gasteiger partial charge in [0.05, 0.1) is 5.75 Å². The molecule has 2 heterocycles. The lowest BCUT2D eigenvalue weighted by Crippen LogP contribution is -2.04. The average Bonchev–Trinajstić information content (AvgIpc) is 2.98. The Morgan fingerprint density at radius 1 is 1.17 bits per heavy atom. The van der Waals surface area contributed by atoms with E-state index in [9.17, 15) is 4.79 Å². The first-order chi connectivity index (χ1) is 11.7. The van der Waals surface area contributed by atoms with Crippen molar-refractivity contribution in [2.24, 2.45) is 0 Å². The van der Waals surface area contributed by atoms with Gasteiger partial charge in [0.25, 0.3) is 0 Å². The number of aryl methyl sites for hydroxylation is 3. The molecule has 0 saturated heterocycles. The maximum Gasteiger partial charge on any atom is 0.173 e. The van der Waals surface area contributed by atoms with Gasteiger partial charge in [0.15, 0.2) is 5.78 Å². The highest BCUT2D eigenvalue weighted by Gasteiger charge is 2.21. The summed E-state index contributed by atoms with van der Waals surface area (Å²) >= 11 is 3.36. The summed E-state index contributed by atoms with van der Waals surface area (Å²) in [6.07, 6.45) is 4.77. The zero-order chi connectivity index (χ0) is 16.5. The molecule has 0 amide bonds. The number of hydrogen-bond donors (Lipinski definition) is 0. The Kier molecular flexibility index (Phi) is 4.37. The minimum atomic E-state index is 0.147. The number of ketones is 1. The third-order valence-corrected chi connectivity index (χ3v) is 6.49. The van der Waals surface area contributed by atoms with E-state index in [1.807, 2.05) is 48.6 Å². The van der Waals surface area contributed by atoms with Crippen LogP contribution in [0.1, 0.15) is 39.5 Å². The number of carbonyl (C=O) groups is 1. The van der Waals surface area contributed by atoms with Crippen LogP contribution in [0.4, 0.5) is 0 Å². The topological polar surface area (TPSA) is 42.9 Å². The fourth-order valence-corrected chi connectivity index (χ4v) is 5.54. The van der Waals surface area contributed by atoms with Crippen LogP contribution in [-0.2, 0) is 12.8 Å². The quantitative estimate of drug-likeness (QED) is 0.381. The lowest BCUT2D eigenvalue weighted by atomic mass is 9.97. The molecule has 1 aliphatic rings. The lowest BCUT2D eigenvalue weighted by molar-refractivity contribution is 0.102. The number of aromatic nitrogens is 2.